The van der Waals surface area contributed by atoms with Gasteiger partial charge in [-0.1, -0.05) is 54.6 Å². The molecule has 5 rings (SSSR count). The highest BCUT2D eigenvalue weighted by Crippen LogP contribution is 2.34. The summed E-state index contributed by atoms with van der Waals surface area (Å²) in [5, 5.41) is 18.8. The molecule has 8 nitrogen and oxygen atoms in total. The molecule has 1 atom stereocenters. The molecule has 0 spiro atoms. The molecular weight excluding hydrogens is 442 g/mol. The topological polar surface area (TPSA) is 92.0 Å². The van der Waals surface area contributed by atoms with Crippen molar-refractivity contribution in [2.75, 3.05) is 25.6 Å². The third-order valence-corrected chi connectivity index (χ3v) is 6.12. The van der Waals surface area contributed by atoms with Crippen molar-refractivity contribution in [1.82, 2.24) is 14.6 Å². The number of carbonyl (C=O) groups is 1. The van der Waals surface area contributed by atoms with Crippen LogP contribution in [0.4, 0.5) is 5.95 Å². The van der Waals surface area contributed by atoms with Crippen LogP contribution in [0, 0.1) is 0 Å². The lowest BCUT2D eigenvalue weighted by atomic mass is 9.98. The first kappa shape index (κ1) is 22.6. The Balaban J connectivity index is 1.49. The van der Waals surface area contributed by atoms with Gasteiger partial charge in [0.25, 0.3) is 5.91 Å². The van der Waals surface area contributed by atoms with Gasteiger partial charge in [-0.05, 0) is 35.4 Å². The van der Waals surface area contributed by atoms with Gasteiger partial charge < -0.3 is 19.7 Å². The first-order valence-electron chi connectivity index (χ1n) is 11.6. The lowest BCUT2D eigenvalue weighted by Crippen LogP contribution is -2.30. The summed E-state index contributed by atoms with van der Waals surface area (Å²) in [4.78, 5) is 18.3. The highest BCUT2D eigenvalue weighted by Gasteiger charge is 2.33. The Kier molecular flexibility index (Phi) is 6.45. The molecule has 3 aromatic carbocycles. The number of hydrazone groups is 1. The van der Waals surface area contributed by atoms with Crippen molar-refractivity contribution in [3.8, 4) is 5.75 Å². The van der Waals surface area contributed by atoms with E-state index in [0.29, 0.717) is 18.9 Å². The Morgan fingerprint density at radius 2 is 1.80 bits per heavy atom. The summed E-state index contributed by atoms with van der Waals surface area (Å²) in [6.45, 7) is 0.367. The number of aromatic nitrogens is 2. The van der Waals surface area contributed by atoms with Gasteiger partial charge in [0.15, 0.2) is 0 Å². The minimum Gasteiger partial charge on any atom is -0.497 e. The number of fused-ring (bicyclic) bond motifs is 1. The number of carbonyl (C=O) groups excluding carboxylic acids is 1. The average molecular weight is 470 g/mol. The standard InChI is InChI=1S/C27H27N5O3/c1-35-21-13-11-20(12-14-21)25-17-23(19-7-3-2-4-8-19)30-32(25)26(34)18-31-24-10-6-5-9-22(24)29-27(31)28-15-16-33/h2-14,25,33H,15-18H2,1H3,(H,28,29)/t25-/m0/s1. The molecule has 0 aliphatic carbocycles. The van der Waals surface area contributed by atoms with Crippen LogP contribution < -0.4 is 10.1 Å². The van der Waals surface area contributed by atoms with E-state index >= 15 is 0 Å². The lowest BCUT2D eigenvalue weighted by Gasteiger charge is -2.23. The van der Waals surface area contributed by atoms with Crippen LogP contribution in [0.15, 0.2) is 84.0 Å². The quantitative estimate of drug-likeness (QED) is 0.409. The largest absolute Gasteiger partial charge is 0.497 e. The fourth-order valence-electron chi connectivity index (χ4n) is 4.38. The maximum atomic E-state index is 13.7. The van der Waals surface area contributed by atoms with Gasteiger partial charge in [-0.2, -0.15) is 5.10 Å². The first-order valence-corrected chi connectivity index (χ1v) is 11.6. The lowest BCUT2D eigenvalue weighted by molar-refractivity contribution is -0.133. The van der Waals surface area contributed by atoms with Gasteiger partial charge in [0, 0.05) is 13.0 Å². The second kappa shape index (κ2) is 9.99. The van der Waals surface area contributed by atoms with Crippen molar-refractivity contribution in [3.63, 3.8) is 0 Å². The van der Waals surface area contributed by atoms with E-state index in [1.165, 1.54) is 0 Å². The Morgan fingerprint density at radius 1 is 1.06 bits per heavy atom. The minimum absolute atomic E-state index is 0.0342. The third kappa shape index (κ3) is 4.61. The zero-order valence-corrected chi connectivity index (χ0v) is 19.5. The number of rotatable bonds is 8. The van der Waals surface area contributed by atoms with Gasteiger partial charge in [-0.15, -0.1) is 0 Å². The fraction of sp³-hybridized carbons (Fsp3) is 0.222. The molecule has 1 aliphatic rings. The van der Waals surface area contributed by atoms with Crippen molar-refractivity contribution in [3.05, 3.63) is 90.0 Å². The zero-order valence-electron chi connectivity index (χ0n) is 19.5. The summed E-state index contributed by atoms with van der Waals surface area (Å²) < 4.78 is 7.15. The number of benzene rings is 3. The monoisotopic (exact) mass is 469 g/mol. The SMILES string of the molecule is COc1ccc([C@@H]2CC(c3ccccc3)=NN2C(=O)Cn2c(NCCO)nc3ccccc32)cc1. The molecule has 1 amide bonds. The van der Waals surface area contributed by atoms with Gasteiger partial charge in [0.1, 0.15) is 12.3 Å². The number of imidazole rings is 1. The molecule has 1 aliphatic heterocycles. The summed E-state index contributed by atoms with van der Waals surface area (Å²) >= 11 is 0. The molecule has 2 heterocycles. The summed E-state index contributed by atoms with van der Waals surface area (Å²) in [5.74, 6) is 1.16. The number of nitrogens with zero attached hydrogens (tertiary/aromatic N) is 4. The maximum absolute atomic E-state index is 13.7. The Labute approximate surface area is 203 Å². The van der Waals surface area contributed by atoms with E-state index in [9.17, 15) is 9.90 Å². The van der Waals surface area contributed by atoms with Crippen molar-refractivity contribution >= 4 is 28.6 Å². The summed E-state index contributed by atoms with van der Waals surface area (Å²) in [7, 11) is 1.63. The predicted molar refractivity (Wildman–Crippen MR) is 135 cm³/mol. The molecule has 178 valence electrons. The second-order valence-electron chi connectivity index (χ2n) is 8.30. The van der Waals surface area contributed by atoms with E-state index < -0.39 is 0 Å². The Morgan fingerprint density at radius 3 is 2.54 bits per heavy atom. The summed E-state index contributed by atoms with van der Waals surface area (Å²) in [6.07, 6.45) is 0.613. The van der Waals surface area contributed by atoms with E-state index in [1.807, 2.05) is 83.4 Å². The van der Waals surface area contributed by atoms with Crippen LogP contribution >= 0.6 is 0 Å². The van der Waals surface area contributed by atoms with Crippen LogP contribution in [0.3, 0.4) is 0 Å². The molecule has 2 N–H and O–H groups in total. The summed E-state index contributed by atoms with van der Waals surface area (Å²) in [5.41, 5.74) is 4.48. The number of nitrogens with one attached hydrogen (secondary N) is 1. The van der Waals surface area contributed by atoms with Gasteiger partial charge in [0.2, 0.25) is 5.95 Å². The highest BCUT2D eigenvalue weighted by molar-refractivity contribution is 6.03. The molecule has 0 saturated heterocycles. The first-order chi connectivity index (χ1) is 17.2. The average Bonchev–Trinajstić information content (AvgIpc) is 3.50. The van der Waals surface area contributed by atoms with E-state index in [4.69, 9.17) is 9.84 Å². The molecule has 1 aromatic heterocycles. The van der Waals surface area contributed by atoms with E-state index in [2.05, 4.69) is 10.3 Å². The Bertz CT molecular complexity index is 1350. The molecule has 0 bridgehead atoms. The number of anilines is 1. The van der Waals surface area contributed by atoms with E-state index in [1.54, 1.807) is 12.1 Å². The smallest absolute Gasteiger partial charge is 0.263 e. The molecule has 35 heavy (non-hydrogen) atoms. The number of para-hydroxylation sites is 2. The minimum atomic E-state index is -0.229. The normalized spacial score (nSPS) is 15.3. The van der Waals surface area contributed by atoms with Gasteiger partial charge in [0.05, 0.1) is 36.5 Å². The van der Waals surface area contributed by atoms with Crippen molar-refractivity contribution in [2.45, 2.75) is 19.0 Å². The van der Waals surface area contributed by atoms with Crippen LogP contribution in [-0.4, -0.2) is 51.5 Å². The van der Waals surface area contributed by atoms with Crippen molar-refractivity contribution < 1.29 is 14.6 Å². The van der Waals surface area contributed by atoms with Crippen LogP contribution in [-0.2, 0) is 11.3 Å². The zero-order chi connectivity index (χ0) is 24.2. The number of amides is 1. The van der Waals surface area contributed by atoms with Crippen LogP contribution in [0.25, 0.3) is 11.0 Å². The molecular formula is C27H27N5O3. The second-order valence-corrected chi connectivity index (χ2v) is 8.30. The van der Waals surface area contributed by atoms with Crippen molar-refractivity contribution in [1.29, 1.82) is 0 Å². The molecule has 8 heteroatoms. The van der Waals surface area contributed by atoms with Gasteiger partial charge in [-0.25, -0.2) is 9.99 Å². The highest BCUT2D eigenvalue weighted by atomic mass is 16.5. The molecule has 0 radical (unpaired) electrons. The number of aliphatic hydroxyl groups is 1. The number of ether oxygens (including phenoxy) is 1. The third-order valence-electron chi connectivity index (χ3n) is 6.12. The fourth-order valence-corrected chi connectivity index (χ4v) is 4.38. The molecule has 0 saturated carbocycles. The van der Waals surface area contributed by atoms with E-state index in [-0.39, 0.29) is 25.1 Å². The van der Waals surface area contributed by atoms with E-state index in [0.717, 1.165) is 33.6 Å². The van der Waals surface area contributed by atoms with Crippen LogP contribution in [0.2, 0.25) is 0 Å². The maximum Gasteiger partial charge on any atom is 0.263 e. The van der Waals surface area contributed by atoms with Gasteiger partial charge >= 0.3 is 0 Å². The van der Waals surface area contributed by atoms with Gasteiger partial charge in [-0.3, -0.25) is 4.79 Å². The Hall–Kier alpha value is -4.17. The predicted octanol–water partition coefficient (Wildman–Crippen LogP) is 3.83. The number of methoxy groups -OCH3 is 1. The van der Waals surface area contributed by atoms with Crippen LogP contribution in [0.1, 0.15) is 23.6 Å². The number of aliphatic hydroxyl groups excluding tert-OH is 1. The molecule has 0 unspecified atom stereocenters. The summed E-state index contributed by atoms with van der Waals surface area (Å²) in [6, 6.07) is 25.1. The van der Waals surface area contributed by atoms with Crippen molar-refractivity contribution in [2.24, 2.45) is 5.10 Å². The molecule has 0 fully saturated rings. The van der Waals surface area contributed by atoms with Crippen LogP contribution in [0.5, 0.6) is 5.75 Å². The number of hydrogen-bond acceptors (Lipinski definition) is 6. The number of hydrogen-bond donors (Lipinski definition) is 2. The molecule has 4 aromatic rings.